The van der Waals surface area contributed by atoms with Crippen molar-refractivity contribution in [2.24, 2.45) is 25.8 Å². The number of aromatic nitrogens is 1. The lowest BCUT2D eigenvalue weighted by molar-refractivity contribution is 0.816. The molecule has 0 spiro atoms. The van der Waals surface area contributed by atoms with E-state index in [1.807, 2.05) is 6.08 Å². The first-order valence-electron chi connectivity index (χ1n) is 16.5. The summed E-state index contributed by atoms with van der Waals surface area (Å²) in [4.78, 5) is 5.17. The number of nitrogens with one attached hydrogen (secondary N) is 1. The first-order valence-corrected chi connectivity index (χ1v) is 16.5. The minimum atomic E-state index is 0.350. The zero-order valence-corrected chi connectivity index (χ0v) is 26.7. The standard InChI is InChI=1S/C42H31N7/c1-3-7-36-34(5-1)35-6-2-4-8-37(35)38(36)23-27-9-11-28(12-10-27)33-24-40(30-15-13-29(14-16-30)39-21-22-43-48-46-39)45-41(25-33)31-17-19-32(20-18-31)42-26-44-49-47-42/h1-21,24-25,38H,22-23,26H2,(H,43,46). The number of benzene rings is 5. The van der Waals surface area contributed by atoms with E-state index in [0.29, 0.717) is 19.0 Å². The molecule has 0 saturated carbocycles. The Morgan fingerprint density at radius 3 is 1.76 bits per heavy atom. The minimum absolute atomic E-state index is 0.350. The zero-order valence-electron chi connectivity index (χ0n) is 26.7. The van der Waals surface area contributed by atoms with Crippen LogP contribution in [0.15, 0.2) is 165 Å². The van der Waals surface area contributed by atoms with Gasteiger partial charge in [-0.15, -0.1) is 5.10 Å². The van der Waals surface area contributed by atoms with Crippen molar-refractivity contribution in [1.82, 2.24) is 10.4 Å². The van der Waals surface area contributed by atoms with Gasteiger partial charge in [0.25, 0.3) is 0 Å². The van der Waals surface area contributed by atoms with Crippen LogP contribution in [0, 0.1) is 0 Å². The zero-order chi connectivity index (χ0) is 32.6. The highest BCUT2D eigenvalue weighted by Gasteiger charge is 2.28. The molecular weight excluding hydrogens is 603 g/mol. The van der Waals surface area contributed by atoms with Crippen molar-refractivity contribution in [3.8, 4) is 44.8 Å². The van der Waals surface area contributed by atoms with Crippen LogP contribution in [0.25, 0.3) is 50.5 Å². The van der Waals surface area contributed by atoms with Crippen LogP contribution in [-0.2, 0) is 6.42 Å². The molecule has 0 radical (unpaired) electrons. The second-order valence-electron chi connectivity index (χ2n) is 12.5. The molecule has 0 saturated heterocycles. The summed E-state index contributed by atoms with van der Waals surface area (Å²) in [6.07, 6.45) is 2.99. The highest BCUT2D eigenvalue weighted by atomic mass is 15.4. The molecule has 1 aliphatic carbocycles. The van der Waals surface area contributed by atoms with Gasteiger partial charge in [-0.3, -0.25) is 5.43 Å². The summed E-state index contributed by atoms with van der Waals surface area (Å²) in [7, 11) is 0. The Hall–Kier alpha value is -6.34. The summed E-state index contributed by atoms with van der Waals surface area (Å²) in [6, 6.07) is 47.9. The van der Waals surface area contributed by atoms with Gasteiger partial charge in [0.1, 0.15) is 6.54 Å². The van der Waals surface area contributed by atoms with Crippen molar-refractivity contribution in [1.29, 1.82) is 0 Å². The third-order valence-electron chi connectivity index (χ3n) is 9.59. The monoisotopic (exact) mass is 633 g/mol. The third-order valence-corrected chi connectivity index (χ3v) is 9.59. The molecule has 0 fully saturated rings. The average molecular weight is 634 g/mol. The van der Waals surface area contributed by atoms with E-state index >= 15 is 0 Å². The molecule has 0 atom stereocenters. The number of hydrogen-bond donors (Lipinski definition) is 1. The molecule has 3 heterocycles. The van der Waals surface area contributed by atoms with E-state index in [-0.39, 0.29) is 0 Å². The predicted molar refractivity (Wildman–Crippen MR) is 195 cm³/mol. The van der Waals surface area contributed by atoms with Gasteiger partial charge in [-0.1, -0.05) is 127 Å². The van der Waals surface area contributed by atoms with Crippen LogP contribution < -0.4 is 5.43 Å². The summed E-state index contributed by atoms with van der Waals surface area (Å²) < 4.78 is 0. The molecule has 1 aromatic heterocycles. The topological polar surface area (TPSA) is 86.7 Å². The van der Waals surface area contributed by atoms with Crippen LogP contribution in [0.5, 0.6) is 0 Å². The molecule has 49 heavy (non-hydrogen) atoms. The fourth-order valence-corrected chi connectivity index (χ4v) is 7.05. The molecule has 234 valence electrons. The maximum Gasteiger partial charge on any atom is 0.107 e. The third kappa shape index (κ3) is 5.55. The molecule has 2 aliphatic heterocycles. The molecular formula is C42H31N7. The number of pyridine rings is 1. The van der Waals surface area contributed by atoms with Crippen molar-refractivity contribution in [2.45, 2.75) is 12.3 Å². The van der Waals surface area contributed by atoms with Crippen LogP contribution in [0.1, 0.15) is 33.7 Å². The normalized spacial score (nSPS) is 14.6. The van der Waals surface area contributed by atoms with Crippen LogP contribution in [-0.4, -0.2) is 23.8 Å². The van der Waals surface area contributed by atoms with Gasteiger partial charge in [0, 0.05) is 17.0 Å². The van der Waals surface area contributed by atoms with Crippen molar-refractivity contribution in [3.63, 3.8) is 0 Å². The second-order valence-corrected chi connectivity index (χ2v) is 12.5. The Morgan fingerprint density at radius 1 is 0.571 bits per heavy atom. The largest absolute Gasteiger partial charge is 0.260 e. The van der Waals surface area contributed by atoms with E-state index in [0.717, 1.165) is 62.6 Å². The van der Waals surface area contributed by atoms with Gasteiger partial charge < -0.3 is 0 Å². The average Bonchev–Trinajstić information content (AvgIpc) is 3.83. The van der Waals surface area contributed by atoms with Crippen LogP contribution in [0.4, 0.5) is 0 Å². The Morgan fingerprint density at radius 2 is 1.16 bits per heavy atom. The van der Waals surface area contributed by atoms with Gasteiger partial charge >= 0.3 is 0 Å². The van der Waals surface area contributed by atoms with Crippen molar-refractivity contribution in [2.75, 3.05) is 13.1 Å². The summed E-state index contributed by atoms with van der Waals surface area (Å²) in [5, 5.41) is 19.9. The van der Waals surface area contributed by atoms with Crippen molar-refractivity contribution >= 4 is 11.4 Å². The predicted octanol–water partition coefficient (Wildman–Crippen LogP) is 9.92. The maximum absolute atomic E-state index is 5.17. The number of rotatable bonds is 7. The Kier molecular flexibility index (Phi) is 7.27. The molecule has 9 rings (SSSR count). The van der Waals surface area contributed by atoms with E-state index in [4.69, 9.17) is 4.98 Å². The van der Waals surface area contributed by atoms with Crippen LogP contribution >= 0.6 is 0 Å². The smallest absolute Gasteiger partial charge is 0.107 e. The summed E-state index contributed by atoms with van der Waals surface area (Å²) in [5.41, 5.74) is 19.9. The first-order chi connectivity index (χ1) is 24.3. The van der Waals surface area contributed by atoms with Gasteiger partial charge in [0.2, 0.25) is 0 Å². The quantitative estimate of drug-likeness (QED) is 0.190. The Balaban J connectivity index is 1.05. The van der Waals surface area contributed by atoms with Gasteiger partial charge in [0.15, 0.2) is 0 Å². The SMILES string of the molecule is C1=C(c2ccc(-c3cc(-c4ccc(CC5c6ccccc6-c6ccccc65)cc4)cc(-c4ccc(C5=NN=NC5)cc4)n3)cc2)NN=NC1. The van der Waals surface area contributed by atoms with E-state index in [2.05, 4.69) is 165 Å². The molecule has 5 aromatic carbocycles. The Labute approximate surface area is 284 Å². The fraction of sp³-hybridized carbons (Fsp3) is 0.0952. The van der Waals surface area contributed by atoms with Gasteiger partial charge in [-0.05, 0) is 79.9 Å². The van der Waals surface area contributed by atoms with Gasteiger partial charge in [-0.2, -0.15) is 10.2 Å². The van der Waals surface area contributed by atoms with Gasteiger partial charge in [0.05, 0.1) is 29.3 Å². The highest BCUT2D eigenvalue weighted by molar-refractivity contribution is 6.02. The molecule has 1 N–H and O–H groups in total. The minimum Gasteiger partial charge on any atom is -0.260 e. The van der Waals surface area contributed by atoms with E-state index < -0.39 is 0 Å². The van der Waals surface area contributed by atoms with Crippen LogP contribution in [0.2, 0.25) is 0 Å². The first kappa shape index (κ1) is 28.8. The molecule has 6 aromatic rings. The van der Waals surface area contributed by atoms with Crippen LogP contribution in [0.3, 0.4) is 0 Å². The molecule has 3 aliphatic rings. The fourth-order valence-electron chi connectivity index (χ4n) is 7.05. The van der Waals surface area contributed by atoms with Crippen molar-refractivity contribution in [3.05, 3.63) is 167 Å². The highest BCUT2D eigenvalue weighted by Crippen LogP contribution is 2.46. The summed E-state index contributed by atoms with van der Waals surface area (Å²) >= 11 is 0. The molecule has 7 heteroatoms. The number of hydrogen-bond acceptors (Lipinski definition) is 7. The van der Waals surface area contributed by atoms with Crippen molar-refractivity contribution < 1.29 is 0 Å². The van der Waals surface area contributed by atoms with E-state index in [1.165, 1.54) is 27.8 Å². The lowest BCUT2D eigenvalue weighted by atomic mass is 9.89. The lowest BCUT2D eigenvalue weighted by Gasteiger charge is -2.15. The van der Waals surface area contributed by atoms with E-state index in [1.54, 1.807) is 0 Å². The maximum atomic E-state index is 5.17. The van der Waals surface area contributed by atoms with Gasteiger partial charge in [-0.25, -0.2) is 4.98 Å². The number of nitrogens with zero attached hydrogens (tertiary/aromatic N) is 6. The summed E-state index contributed by atoms with van der Waals surface area (Å²) in [6.45, 7) is 1.09. The lowest BCUT2D eigenvalue weighted by Crippen LogP contribution is -2.07. The second kappa shape index (κ2) is 12.4. The summed E-state index contributed by atoms with van der Waals surface area (Å²) in [5.74, 6) is 0.350. The molecule has 0 amide bonds. The molecule has 0 unspecified atom stereocenters. The molecule has 0 bridgehead atoms. The molecule has 7 nitrogen and oxygen atoms in total. The Bertz CT molecular complexity index is 2270. The van der Waals surface area contributed by atoms with E-state index in [9.17, 15) is 0 Å². The number of fused-ring (bicyclic) bond motifs is 3.